The average Bonchev–Trinajstić information content (AvgIpc) is 3.54. The van der Waals surface area contributed by atoms with Crippen molar-refractivity contribution in [2.45, 2.75) is 102 Å². The number of hydrogen-bond acceptors (Lipinski definition) is 7. The largest absolute Gasteiger partial charge is 0.481 e. The number of epoxide rings is 1. The molecule has 0 aliphatic carbocycles. The fourth-order valence-corrected chi connectivity index (χ4v) is 4.78. The quantitative estimate of drug-likeness (QED) is 0.217. The maximum Gasteiger partial charge on any atom is 0.305 e. The minimum Gasteiger partial charge on any atom is -0.481 e. The van der Waals surface area contributed by atoms with Crippen molar-refractivity contribution in [2.75, 3.05) is 6.61 Å². The molecule has 9 heteroatoms. The molecule has 0 aromatic heterocycles. The van der Waals surface area contributed by atoms with Crippen LogP contribution in [-0.4, -0.2) is 82.1 Å². The van der Waals surface area contributed by atoms with Crippen molar-refractivity contribution in [3.05, 3.63) is 36.0 Å². The van der Waals surface area contributed by atoms with E-state index in [1.54, 1.807) is 13.0 Å². The molecule has 35 heavy (non-hydrogen) atoms. The summed E-state index contributed by atoms with van der Waals surface area (Å²) >= 11 is 0. The number of aliphatic hydroxyl groups excluding tert-OH is 2. The Morgan fingerprint density at radius 3 is 2.57 bits per heavy atom. The lowest BCUT2D eigenvalue weighted by molar-refractivity contribution is -0.155. The first kappa shape index (κ1) is 27.5. The number of amides is 1. The molecule has 0 radical (unpaired) electrons. The molecule has 196 valence electrons. The summed E-state index contributed by atoms with van der Waals surface area (Å²) in [6.07, 6.45) is 7.50. The van der Waals surface area contributed by atoms with Crippen molar-refractivity contribution in [2.24, 2.45) is 5.92 Å². The van der Waals surface area contributed by atoms with E-state index < -0.39 is 36.0 Å². The summed E-state index contributed by atoms with van der Waals surface area (Å²) < 4.78 is 17.5. The van der Waals surface area contributed by atoms with E-state index in [1.807, 2.05) is 19.9 Å². The minimum atomic E-state index is -0.935. The van der Waals surface area contributed by atoms with Crippen LogP contribution in [0.1, 0.15) is 53.4 Å². The first-order valence-electron chi connectivity index (χ1n) is 12.4. The van der Waals surface area contributed by atoms with Gasteiger partial charge in [0, 0.05) is 12.5 Å². The highest BCUT2D eigenvalue weighted by molar-refractivity contribution is 5.87. The van der Waals surface area contributed by atoms with Crippen LogP contribution in [0.3, 0.4) is 0 Å². The number of carboxylic acid groups (broad SMARTS) is 1. The number of nitrogens with one attached hydrogen (secondary N) is 1. The third-order valence-corrected chi connectivity index (χ3v) is 6.98. The number of ether oxygens (including phenoxy) is 3. The molecule has 9 nitrogen and oxygen atoms in total. The molecule has 0 unspecified atom stereocenters. The number of allylic oxidation sites excluding steroid dienone is 2. The first-order chi connectivity index (χ1) is 16.5. The van der Waals surface area contributed by atoms with Crippen LogP contribution >= 0.6 is 0 Å². The average molecular weight is 494 g/mol. The zero-order valence-electron chi connectivity index (χ0n) is 20.9. The van der Waals surface area contributed by atoms with Gasteiger partial charge >= 0.3 is 5.97 Å². The van der Waals surface area contributed by atoms with Crippen LogP contribution in [-0.2, 0) is 23.8 Å². The molecule has 3 saturated heterocycles. The first-order valence-corrected chi connectivity index (χ1v) is 12.4. The molecular weight excluding hydrogens is 454 g/mol. The van der Waals surface area contributed by atoms with Crippen molar-refractivity contribution in [3.63, 3.8) is 0 Å². The molecule has 3 aliphatic rings. The third kappa shape index (κ3) is 7.72. The highest BCUT2D eigenvalue weighted by Crippen LogP contribution is 2.43. The number of aliphatic carboxylic acids is 1. The summed E-state index contributed by atoms with van der Waals surface area (Å²) in [7, 11) is 0. The van der Waals surface area contributed by atoms with Crippen LogP contribution in [0.25, 0.3) is 0 Å². The van der Waals surface area contributed by atoms with Gasteiger partial charge in [0.15, 0.2) is 0 Å². The van der Waals surface area contributed by atoms with E-state index in [9.17, 15) is 19.8 Å². The molecule has 4 N–H and O–H groups in total. The van der Waals surface area contributed by atoms with Gasteiger partial charge in [-0.3, -0.25) is 9.59 Å². The molecule has 3 heterocycles. The Labute approximate surface area is 206 Å². The van der Waals surface area contributed by atoms with Crippen LogP contribution in [0.4, 0.5) is 0 Å². The molecule has 0 aromatic rings. The van der Waals surface area contributed by atoms with E-state index in [4.69, 9.17) is 19.3 Å². The summed E-state index contributed by atoms with van der Waals surface area (Å²) in [5.41, 5.74) is 0.291. The second-order valence-corrected chi connectivity index (χ2v) is 10.2. The fraction of sp³-hybridized carbons (Fsp3) is 0.692. The van der Waals surface area contributed by atoms with Gasteiger partial charge < -0.3 is 34.8 Å². The summed E-state index contributed by atoms with van der Waals surface area (Å²) in [4.78, 5) is 23.2. The SMILES string of the molecule is CC(/C=C/[C@H]1O[C@H](CC(=O)O)C[C@@]2(CO2)[C@@H]1O)=C\C[C@@H]1O[C@H](C)[C@H](NC(=O)/C=C\[C@H](C)O)C[C@@H]1C. The molecule has 3 rings (SSSR count). The van der Waals surface area contributed by atoms with Crippen molar-refractivity contribution in [1.82, 2.24) is 5.32 Å². The van der Waals surface area contributed by atoms with Crippen LogP contribution in [0, 0.1) is 5.92 Å². The Morgan fingerprint density at radius 2 is 1.94 bits per heavy atom. The highest BCUT2D eigenvalue weighted by Gasteiger charge is 2.58. The van der Waals surface area contributed by atoms with Gasteiger partial charge in [0.25, 0.3) is 0 Å². The van der Waals surface area contributed by atoms with Crippen molar-refractivity contribution in [1.29, 1.82) is 0 Å². The van der Waals surface area contributed by atoms with Gasteiger partial charge in [-0.1, -0.05) is 36.8 Å². The molecular formula is C26H39NO8. The Morgan fingerprint density at radius 1 is 1.23 bits per heavy atom. The lowest BCUT2D eigenvalue weighted by Gasteiger charge is -2.39. The summed E-state index contributed by atoms with van der Waals surface area (Å²) in [5.74, 6) is -0.943. The van der Waals surface area contributed by atoms with Crippen LogP contribution < -0.4 is 5.32 Å². The van der Waals surface area contributed by atoms with Crippen LogP contribution in [0.5, 0.6) is 0 Å². The lowest BCUT2D eigenvalue weighted by Crippen LogP contribution is -2.50. The molecule has 3 fully saturated rings. The minimum absolute atomic E-state index is 0.00843. The Kier molecular flexibility index (Phi) is 9.28. The molecule has 0 bridgehead atoms. The monoisotopic (exact) mass is 493 g/mol. The normalized spacial score (nSPS) is 38.7. The van der Waals surface area contributed by atoms with Gasteiger partial charge in [0.05, 0.1) is 43.5 Å². The van der Waals surface area contributed by atoms with Crippen molar-refractivity contribution in [3.8, 4) is 0 Å². The van der Waals surface area contributed by atoms with E-state index in [1.165, 1.54) is 12.2 Å². The Bertz CT molecular complexity index is 846. The van der Waals surface area contributed by atoms with E-state index in [2.05, 4.69) is 18.3 Å². The van der Waals surface area contributed by atoms with Gasteiger partial charge in [-0.2, -0.15) is 0 Å². The number of hydrogen-bond donors (Lipinski definition) is 4. The van der Waals surface area contributed by atoms with E-state index in [0.29, 0.717) is 19.4 Å². The second-order valence-electron chi connectivity index (χ2n) is 10.2. The van der Waals surface area contributed by atoms with Gasteiger partial charge in [-0.05, 0) is 39.5 Å². The summed E-state index contributed by atoms with van der Waals surface area (Å²) in [6, 6.07) is -0.0991. The number of carbonyl (C=O) groups excluding carboxylic acids is 1. The van der Waals surface area contributed by atoms with Gasteiger partial charge in [0.2, 0.25) is 5.91 Å². The van der Waals surface area contributed by atoms with Gasteiger partial charge in [-0.25, -0.2) is 0 Å². The smallest absolute Gasteiger partial charge is 0.305 e. The second kappa shape index (κ2) is 11.8. The molecule has 1 spiro atoms. The fourth-order valence-electron chi connectivity index (χ4n) is 4.78. The predicted molar refractivity (Wildman–Crippen MR) is 129 cm³/mol. The maximum atomic E-state index is 12.1. The van der Waals surface area contributed by atoms with E-state index >= 15 is 0 Å². The maximum absolute atomic E-state index is 12.1. The molecule has 0 saturated carbocycles. The topological polar surface area (TPSA) is 138 Å². The molecule has 1 amide bonds. The Hall–Kier alpha value is -2.04. The van der Waals surface area contributed by atoms with Gasteiger partial charge in [-0.15, -0.1) is 0 Å². The zero-order chi connectivity index (χ0) is 25.8. The predicted octanol–water partition coefficient (Wildman–Crippen LogP) is 1.88. The number of rotatable bonds is 9. The summed E-state index contributed by atoms with van der Waals surface area (Å²) in [5, 5.41) is 32.0. The van der Waals surface area contributed by atoms with Crippen molar-refractivity contribution >= 4 is 11.9 Å². The molecule has 0 aromatic carbocycles. The number of carbonyl (C=O) groups is 2. The van der Waals surface area contributed by atoms with Gasteiger partial charge in [0.1, 0.15) is 17.8 Å². The number of aliphatic hydroxyl groups is 2. The van der Waals surface area contributed by atoms with E-state index in [0.717, 1.165) is 12.0 Å². The van der Waals surface area contributed by atoms with Crippen molar-refractivity contribution < 1.29 is 39.1 Å². The number of carboxylic acids is 1. The summed E-state index contributed by atoms with van der Waals surface area (Å²) in [6.45, 7) is 8.01. The zero-order valence-corrected chi connectivity index (χ0v) is 20.9. The highest BCUT2D eigenvalue weighted by atomic mass is 16.6. The standard InChI is InChI=1S/C26H39NO8/c1-15(6-9-22-25(32)26(14-33-26)13-19(35-22)12-24(30)31)5-8-21-16(2)11-20(18(4)34-21)27-23(29)10-7-17(3)28/h5-7,9-10,16-22,25,28,32H,8,11-14H2,1-4H3,(H,27,29)(H,30,31)/b9-6+,10-7-,15-5+/t16-,17-,18+,19+,20+,21-,22+,25+,26+/m0/s1. The van der Waals surface area contributed by atoms with E-state index in [-0.39, 0.29) is 36.5 Å². The van der Waals surface area contributed by atoms with Crippen LogP contribution in [0.15, 0.2) is 36.0 Å². The Balaban J connectivity index is 1.52. The molecule has 3 aliphatic heterocycles. The third-order valence-electron chi connectivity index (χ3n) is 6.98. The van der Waals surface area contributed by atoms with Crippen LogP contribution in [0.2, 0.25) is 0 Å². The molecule has 9 atom stereocenters. The lowest BCUT2D eigenvalue weighted by atomic mass is 9.87.